The number of carbonyl (C=O) groups is 2. The fourth-order valence-corrected chi connectivity index (χ4v) is 2.57. The molecule has 0 saturated carbocycles. The molecule has 0 saturated heterocycles. The van der Waals surface area contributed by atoms with E-state index in [2.05, 4.69) is 22.4 Å². The molecule has 0 unspecified atom stereocenters. The van der Waals surface area contributed by atoms with Gasteiger partial charge in [0.05, 0.1) is 13.0 Å². The maximum Gasteiger partial charge on any atom is 0.306 e. The number of esters is 1. The molecule has 1 aromatic carbocycles. The Morgan fingerprint density at radius 3 is 2.54 bits per heavy atom. The molecular weight excluding hydrogens is 360 g/mol. The highest BCUT2D eigenvalue weighted by atomic mass is 16.5. The summed E-state index contributed by atoms with van der Waals surface area (Å²) in [6.45, 7) is 5.50. The number of carbonyl (C=O) groups excluding carboxylic acids is 2. The first-order valence-corrected chi connectivity index (χ1v) is 9.80. The van der Waals surface area contributed by atoms with Crippen molar-refractivity contribution in [1.82, 2.24) is 20.2 Å². The lowest BCUT2D eigenvalue weighted by Gasteiger charge is -2.07. The van der Waals surface area contributed by atoms with E-state index in [9.17, 15) is 9.59 Å². The number of hydrogen-bond acceptors (Lipinski definition) is 7. The van der Waals surface area contributed by atoms with Gasteiger partial charge in [0.25, 0.3) is 0 Å². The van der Waals surface area contributed by atoms with E-state index in [1.165, 1.54) is 0 Å². The second-order valence-electron chi connectivity index (χ2n) is 6.48. The summed E-state index contributed by atoms with van der Waals surface area (Å²) in [6, 6.07) is 7.01. The first-order valence-electron chi connectivity index (χ1n) is 9.80. The lowest BCUT2D eigenvalue weighted by atomic mass is 10.1. The Morgan fingerprint density at radius 2 is 1.82 bits per heavy atom. The first kappa shape index (κ1) is 21.5. The maximum atomic E-state index is 12.2. The molecule has 1 heterocycles. The van der Waals surface area contributed by atoms with Gasteiger partial charge in [-0.15, -0.1) is 5.10 Å². The van der Waals surface area contributed by atoms with Crippen LogP contribution in [-0.4, -0.2) is 38.6 Å². The van der Waals surface area contributed by atoms with Crippen molar-refractivity contribution < 1.29 is 19.1 Å². The second-order valence-corrected chi connectivity index (χ2v) is 6.48. The number of aromatic nitrogens is 4. The predicted molar refractivity (Wildman–Crippen MR) is 103 cm³/mol. The normalized spacial score (nSPS) is 10.6. The molecule has 1 aromatic heterocycles. The number of nitrogens with zero attached hydrogens (tertiary/aromatic N) is 4. The molecule has 0 amide bonds. The Labute approximate surface area is 165 Å². The smallest absolute Gasteiger partial charge is 0.306 e. The van der Waals surface area contributed by atoms with E-state index in [0.29, 0.717) is 24.5 Å². The summed E-state index contributed by atoms with van der Waals surface area (Å²) in [5.41, 5.74) is 0.556. The summed E-state index contributed by atoms with van der Waals surface area (Å²) in [6.07, 6.45) is 4.29. The molecule has 0 atom stereocenters. The van der Waals surface area contributed by atoms with E-state index in [0.717, 1.165) is 31.4 Å². The number of hydrogen-bond donors (Lipinski definition) is 0. The summed E-state index contributed by atoms with van der Waals surface area (Å²) in [5, 5.41) is 11.2. The quantitative estimate of drug-likeness (QED) is 0.295. The van der Waals surface area contributed by atoms with Gasteiger partial charge in [0.15, 0.2) is 18.2 Å². The zero-order valence-electron chi connectivity index (χ0n) is 16.6. The van der Waals surface area contributed by atoms with Crippen LogP contribution in [0.2, 0.25) is 0 Å². The predicted octanol–water partition coefficient (Wildman–Crippen LogP) is 3.36. The largest absolute Gasteiger partial charge is 0.494 e. The Morgan fingerprint density at radius 1 is 1.04 bits per heavy atom. The molecule has 0 N–H and O–H groups in total. The molecule has 2 rings (SSSR count). The summed E-state index contributed by atoms with van der Waals surface area (Å²) >= 11 is 0. The van der Waals surface area contributed by atoms with E-state index < -0.39 is 5.97 Å². The van der Waals surface area contributed by atoms with Gasteiger partial charge in [0, 0.05) is 18.5 Å². The first-order chi connectivity index (χ1) is 13.6. The van der Waals surface area contributed by atoms with Gasteiger partial charge in [-0.1, -0.05) is 26.7 Å². The van der Waals surface area contributed by atoms with Crippen LogP contribution in [0.4, 0.5) is 0 Å². The number of unbranched alkanes of at least 4 members (excludes halogenated alkanes) is 2. The van der Waals surface area contributed by atoms with E-state index in [4.69, 9.17) is 9.47 Å². The molecule has 0 aliphatic carbocycles. The van der Waals surface area contributed by atoms with Crippen molar-refractivity contribution in [2.75, 3.05) is 6.61 Å². The van der Waals surface area contributed by atoms with Crippen LogP contribution in [0, 0.1) is 0 Å². The molecule has 28 heavy (non-hydrogen) atoms. The summed E-state index contributed by atoms with van der Waals surface area (Å²) < 4.78 is 12.4. The van der Waals surface area contributed by atoms with Crippen LogP contribution in [-0.2, 0) is 22.7 Å². The monoisotopic (exact) mass is 388 g/mol. The molecule has 0 radical (unpaired) electrons. The van der Waals surface area contributed by atoms with E-state index in [1.54, 1.807) is 28.9 Å². The Hall–Kier alpha value is -2.77. The van der Waals surface area contributed by atoms with E-state index in [-0.39, 0.29) is 25.2 Å². The highest BCUT2D eigenvalue weighted by Crippen LogP contribution is 2.15. The summed E-state index contributed by atoms with van der Waals surface area (Å²) in [5.74, 6) is 0.688. The molecule has 0 aliphatic rings. The van der Waals surface area contributed by atoms with Gasteiger partial charge < -0.3 is 9.47 Å². The van der Waals surface area contributed by atoms with Crippen LogP contribution in [0.5, 0.6) is 5.75 Å². The average molecular weight is 388 g/mol. The molecule has 2 aromatic rings. The number of Topliss-reactive ketones (excluding diaryl/α,β-unsaturated/α-hetero) is 1. The number of tetrazole rings is 1. The molecule has 0 bridgehead atoms. The zero-order chi connectivity index (χ0) is 20.2. The molecule has 152 valence electrons. The third-order valence-electron chi connectivity index (χ3n) is 4.15. The lowest BCUT2D eigenvalue weighted by Crippen LogP contribution is -2.12. The molecule has 0 aliphatic heterocycles. The van der Waals surface area contributed by atoms with Gasteiger partial charge in [0.2, 0.25) is 0 Å². The van der Waals surface area contributed by atoms with E-state index in [1.807, 2.05) is 6.92 Å². The summed E-state index contributed by atoms with van der Waals surface area (Å²) in [7, 11) is 0. The van der Waals surface area contributed by atoms with Crippen molar-refractivity contribution in [3.05, 3.63) is 35.7 Å². The van der Waals surface area contributed by atoms with Crippen molar-refractivity contribution in [3.63, 3.8) is 0 Å². The standard InChI is InChI=1S/C20H28N4O4/c1-3-5-6-14-27-17-9-7-16(8-10-17)18(25)11-12-20(26)28-15-19-21-22-23-24(19)13-4-2/h7-10H,3-6,11-15H2,1-2H3. The third-order valence-corrected chi connectivity index (χ3v) is 4.15. The third kappa shape index (κ3) is 7.09. The summed E-state index contributed by atoms with van der Waals surface area (Å²) in [4.78, 5) is 24.1. The maximum absolute atomic E-state index is 12.2. The van der Waals surface area contributed by atoms with E-state index >= 15 is 0 Å². The van der Waals surface area contributed by atoms with Gasteiger partial charge in [-0.25, -0.2) is 4.68 Å². The van der Waals surface area contributed by atoms with Gasteiger partial charge in [-0.05, 0) is 47.5 Å². The molecule has 8 nitrogen and oxygen atoms in total. The number of ketones is 1. The molecule has 0 fully saturated rings. The van der Waals surface area contributed by atoms with Gasteiger partial charge in [-0.3, -0.25) is 9.59 Å². The van der Waals surface area contributed by atoms with Gasteiger partial charge in [0.1, 0.15) is 5.75 Å². The van der Waals surface area contributed by atoms with Crippen LogP contribution in [0.3, 0.4) is 0 Å². The van der Waals surface area contributed by atoms with Gasteiger partial charge >= 0.3 is 5.97 Å². The van der Waals surface area contributed by atoms with Crippen molar-refractivity contribution in [3.8, 4) is 5.75 Å². The van der Waals surface area contributed by atoms with Crippen molar-refractivity contribution in [2.45, 2.75) is 65.5 Å². The van der Waals surface area contributed by atoms with Crippen LogP contribution < -0.4 is 4.74 Å². The minimum absolute atomic E-state index is 0.00406. The zero-order valence-corrected chi connectivity index (χ0v) is 16.6. The van der Waals surface area contributed by atoms with Crippen LogP contribution in [0.15, 0.2) is 24.3 Å². The number of rotatable bonds is 13. The topological polar surface area (TPSA) is 96.2 Å². The fourth-order valence-electron chi connectivity index (χ4n) is 2.57. The SMILES string of the molecule is CCCCCOc1ccc(C(=O)CCC(=O)OCc2nnnn2CCC)cc1. The average Bonchev–Trinajstić information content (AvgIpc) is 3.16. The molecule has 0 spiro atoms. The Balaban J connectivity index is 1.72. The molecular formula is C20H28N4O4. The van der Waals surface area contributed by atoms with Crippen LogP contribution >= 0.6 is 0 Å². The number of aryl methyl sites for hydroxylation is 1. The number of benzene rings is 1. The van der Waals surface area contributed by atoms with Crippen molar-refractivity contribution in [1.29, 1.82) is 0 Å². The highest BCUT2D eigenvalue weighted by molar-refractivity contribution is 5.97. The Bertz CT molecular complexity index is 743. The molecule has 8 heteroatoms. The van der Waals surface area contributed by atoms with Crippen molar-refractivity contribution >= 4 is 11.8 Å². The van der Waals surface area contributed by atoms with Crippen LogP contribution in [0.25, 0.3) is 0 Å². The fraction of sp³-hybridized carbons (Fsp3) is 0.550. The van der Waals surface area contributed by atoms with Crippen LogP contribution in [0.1, 0.15) is 68.6 Å². The minimum Gasteiger partial charge on any atom is -0.494 e. The van der Waals surface area contributed by atoms with Gasteiger partial charge in [-0.2, -0.15) is 0 Å². The lowest BCUT2D eigenvalue weighted by molar-refractivity contribution is -0.145. The highest BCUT2D eigenvalue weighted by Gasteiger charge is 2.13. The second kappa shape index (κ2) is 11.8. The minimum atomic E-state index is -0.449. The Kier molecular flexibility index (Phi) is 9.10. The van der Waals surface area contributed by atoms with Crippen molar-refractivity contribution in [2.24, 2.45) is 0 Å². The number of ether oxygens (including phenoxy) is 2.